The predicted molar refractivity (Wildman–Crippen MR) is 74.6 cm³/mol. The van der Waals surface area contributed by atoms with E-state index < -0.39 is 11.7 Å². The van der Waals surface area contributed by atoms with Crippen molar-refractivity contribution in [3.8, 4) is 0 Å². The molecule has 0 radical (unpaired) electrons. The first-order chi connectivity index (χ1) is 9.15. The standard InChI is InChI=1S/C15H19NO3/c1-3-19-12-11-16(2)15(18)14(17)10-9-13-7-5-4-6-8-13/h4-10H,3,11-12H2,1-2H3/b10-9+. The fourth-order valence-corrected chi connectivity index (χ4v) is 1.44. The molecule has 0 spiro atoms. The Balaban J connectivity index is 2.48. The Bertz CT molecular complexity index is 440. The van der Waals surface area contributed by atoms with Crippen molar-refractivity contribution < 1.29 is 14.3 Å². The zero-order valence-corrected chi connectivity index (χ0v) is 11.3. The maximum atomic E-state index is 11.7. The smallest absolute Gasteiger partial charge is 0.294 e. The van der Waals surface area contributed by atoms with Crippen LogP contribution in [0.25, 0.3) is 6.08 Å². The normalized spacial score (nSPS) is 10.6. The number of ether oxygens (including phenoxy) is 1. The molecule has 0 bridgehead atoms. The molecule has 1 aromatic rings. The van der Waals surface area contributed by atoms with E-state index in [1.165, 1.54) is 11.0 Å². The summed E-state index contributed by atoms with van der Waals surface area (Å²) in [6.07, 6.45) is 2.94. The molecule has 0 saturated heterocycles. The first-order valence-corrected chi connectivity index (χ1v) is 6.25. The van der Waals surface area contributed by atoms with Crippen molar-refractivity contribution in [3.05, 3.63) is 42.0 Å². The minimum atomic E-state index is -0.525. The maximum Gasteiger partial charge on any atom is 0.294 e. The Morgan fingerprint density at radius 3 is 2.58 bits per heavy atom. The second-order valence-electron chi connectivity index (χ2n) is 4.03. The van der Waals surface area contributed by atoms with Crippen LogP contribution < -0.4 is 0 Å². The fraction of sp³-hybridized carbons (Fsp3) is 0.333. The fourth-order valence-electron chi connectivity index (χ4n) is 1.44. The molecule has 4 heteroatoms. The van der Waals surface area contributed by atoms with E-state index in [1.54, 1.807) is 13.1 Å². The molecule has 1 aromatic carbocycles. The number of nitrogens with zero attached hydrogens (tertiary/aromatic N) is 1. The summed E-state index contributed by atoms with van der Waals surface area (Å²) in [5.74, 6) is -1.05. The van der Waals surface area contributed by atoms with Crippen molar-refractivity contribution in [2.45, 2.75) is 6.92 Å². The van der Waals surface area contributed by atoms with E-state index in [-0.39, 0.29) is 0 Å². The van der Waals surface area contributed by atoms with Gasteiger partial charge in [-0.1, -0.05) is 36.4 Å². The topological polar surface area (TPSA) is 46.6 Å². The second kappa shape index (κ2) is 8.21. The summed E-state index contributed by atoms with van der Waals surface area (Å²) in [7, 11) is 1.59. The van der Waals surface area contributed by atoms with Gasteiger partial charge in [-0.25, -0.2) is 0 Å². The van der Waals surface area contributed by atoms with Crippen LogP contribution in [0.5, 0.6) is 0 Å². The Morgan fingerprint density at radius 1 is 1.26 bits per heavy atom. The van der Waals surface area contributed by atoms with Crippen LogP contribution in [0.2, 0.25) is 0 Å². The number of likely N-dealkylation sites (N-methyl/N-ethyl adjacent to an activating group) is 1. The van der Waals surface area contributed by atoms with Gasteiger partial charge in [-0.05, 0) is 18.6 Å². The summed E-state index contributed by atoms with van der Waals surface area (Å²) in [6.45, 7) is 3.34. The zero-order valence-electron chi connectivity index (χ0n) is 11.3. The first kappa shape index (κ1) is 15.1. The van der Waals surface area contributed by atoms with Crippen LogP contribution in [-0.2, 0) is 14.3 Å². The number of hydrogen-bond acceptors (Lipinski definition) is 3. The molecule has 0 aliphatic rings. The summed E-state index contributed by atoms with van der Waals surface area (Å²) >= 11 is 0. The van der Waals surface area contributed by atoms with Gasteiger partial charge in [0, 0.05) is 20.2 Å². The lowest BCUT2D eigenvalue weighted by Gasteiger charge is -2.14. The largest absolute Gasteiger partial charge is 0.380 e. The number of carbonyl (C=O) groups is 2. The quantitative estimate of drug-likeness (QED) is 0.427. The molecule has 0 saturated carbocycles. The van der Waals surface area contributed by atoms with Gasteiger partial charge in [-0.2, -0.15) is 0 Å². The lowest BCUT2D eigenvalue weighted by atomic mass is 10.2. The number of carbonyl (C=O) groups excluding carboxylic acids is 2. The molecule has 102 valence electrons. The first-order valence-electron chi connectivity index (χ1n) is 6.25. The van der Waals surface area contributed by atoms with Crippen LogP contribution in [0.3, 0.4) is 0 Å². The maximum absolute atomic E-state index is 11.7. The molecule has 0 aliphatic heterocycles. The van der Waals surface area contributed by atoms with Gasteiger partial charge in [0.2, 0.25) is 5.78 Å². The highest BCUT2D eigenvalue weighted by Crippen LogP contribution is 2.01. The van der Waals surface area contributed by atoms with Gasteiger partial charge in [0.15, 0.2) is 0 Å². The molecule has 0 fully saturated rings. The lowest BCUT2D eigenvalue weighted by molar-refractivity contribution is -0.141. The summed E-state index contributed by atoms with van der Waals surface area (Å²) in [5, 5.41) is 0. The van der Waals surface area contributed by atoms with Crippen LogP contribution in [0.4, 0.5) is 0 Å². The van der Waals surface area contributed by atoms with Crippen LogP contribution in [0, 0.1) is 0 Å². The van der Waals surface area contributed by atoms with Crippen molar-refractivity contribution in [1.29, 1.82) is 0 Å². The molecule has 0 aliphatic carbocycles. The van der Waals surface area contributed by atoms with Crippen LogP contribution >= 0.6 is 0 Å². The highest BCUT2D eigenvalue weighted by Gasteiger charge is 2.15. The monoisotopic (exact) mass is 261 g/mol. The van der Waals surface area contributed by atoms with Crippen LogP contribution in [0.15, 0.2) is 36.4 Å². The third-order valence-electron chi connectivity index (χ3n) is 2.56. The van der Waals surface area contributed by atoms with E-state index in [9.17, 15) is 9.59 Å². The van der Waals surface area contributed by atoms with Gasteiger partial charge in [-0.15, -0.1) is 0 Å². The van der Waals surface area contributed by atoms with Crippen molar-refractivity contribution >= 4 is 17.8 Å². The third kappa shape index (κ3) is 5.48. The Labute approximate surface area is 113 Å². The molecule has 4 nitrogen and oxygen atoms in total. The van der Waals surface area contributed by atoms with Crippen molar-refractivity contribution in [2.24, 2.45) is 0 Å². The van der Waals surface area contributed by atoms with Crippen LogP contribution in [-0.4, -0.2) is 43.4 Å². The van der Waals surface area contributed by atoms with Gasteiger partial charge in [0.25, 0.3) is 5.91 Å². The average molecular weight is 261 g/mol. The minimum absolute atomic E-state index is 0.414. The average Bonchev–Trinajstić information content (AvgIpc) is 2.45. The summed E-state index contributed by atoms with van der Waals surface area (Å²) in [4.78, 5) is 24.8. The van der Waals surface area contributed by atoms with Gasteiger partial charge < -0.3 is 9.64 Å². The van der Waals surface area contributed by atoms with E-state index >= 15 is 0 Å². The summed E-state index contributed by atoms with van der Waals surface area (Å²) < 4.78 is 5.14. The number of rotatable bonds is 7. The highest BCUT2D eigenvalue weighted by atomic mass is 16.5. The molecule has 1 amide bonds. The molecular weight excluding hydrogens is 242 g/mol. The molecule has 19 heavy (non-hydrogen) atoms. The lowest BCUT2D eigenvalue weighted by Crippen LogP contribution is -2.34. The van der Waals surface area contributed by atoms with Gasteiger partial charge in [0.1, 0.15) is 0 Å². The molecule has 0 N–H and O–H groups in total. The van der Waals surface area contributed by atoms with Crippen molar-refractivity contribution in [2.75, 3.05) is 26.8 Å². The minimum Gasteiger partial charge on any atom is -0.380 e. The molecule has 0 heterocycles. The van der Waals surface area contributed by atoms with E-state index in [0.29, 0.717) is 19.8 Å². The van der Waals surface area contributed by atoms with E-state index in [1.807, 2.05) is 37.3 Å². The number of amides is 1. The summed E-state index contributed by atoms with van der Waals surface area (Å²) in [5.41, 5.74) is 0.889. The van der Waals surface area contributed by atoms with Gasteiger partial charge >= 0.3 is 0 Å². The van der Waals surface area contributed by atoms with E-state index in [2.05, 4.69) is 0 Å². The Kier molecular flexibility index (Phi) is 6.53. The van der Waals surface area contributed by atoms with Crippen molar-refractivity contribution in [1.82, 2.24) is 4.90 Å². The zero-order chi connectivity index (χ0) is 14.1. The number of benzene rings is 1. The number of hydrogen-bond donors (Lipinski definition) is 0. The predicted octanol–water partition coefficient (Wildman–Crippen LogP) is 1.76. The van der Waals surface area contributed by atoms with Gasteiger partial charge in [-0.3, -0.25) is 9.59 Å². The molecule has 0 atom stereocenters. The highest BCUT2D eigenvalue weighted by molar-refractivity contribution is 6.41. The third-order valence-corrected chi connectivity index (χ3v) is 2.56. The van der Waals surface area contributed by atoms with Gasteiger partial charge in [0.05, 0.1) is 6.61 Å². The SMILES string of the molecule is CCOCCN(C)C(=O)C(=O)/C=C/c1ccccc1. The second-order valence-corrected chi connectivity index (χ2v) is 4.03. The van der Waals surface area contributed by atoms with Crippen LogP contribution in [0.1, 0.15) is 12.5 Å². The number of ketones is 1. The Hall–Kier alpha value is -1.94. The molecule has 1 rings (SSSR count). The Morgan fingerprint density at radius 2 is 1.95 bits per heavy atom. The summed E-state index contributed by atoms with van der Waals surface area (Å²) in [6, 6.07) is 9.38. The molecule has 0 aromatic heterocycles. The molecular formula is C15H19NO3. The van der Waals surface area contributed by atoms with Crippen molar-refractivity contribution in [3.63, 3.8) is 0 Å². The van der Waals surface area contributed by atoms with E-state index in [0.717, 1.165) is 5.56 Å². The van der Waals surface area contributed by atoms with E-state index in [4.69, 9.17) is 4.74 Å². The molecule has 0 unspecified atom stereocenters.